The van der Waals surface area contributed by atoms with E-state index in [0.29, 0.717) is 11.6 Å². The molecule has 0 aliphatic carbocycles. The van der Waals surface area contributed by atoms with Crippen LogP contribution < -0.4 is 10.1 Å². The molecule has 112 valence electrons. The molecule has 0 bridgehead atoms. The van der Waals surface area contributed by atoms with Gasteiger partial charge in [-0.25, -0.2) is 0 Å². The Morgan fingerprint density at radius 3 is 2.52 bits per heavy atom. The minimum atomic E-state index is 0.0946. The molecule has 0 amide bonds. The molecule has 1 unspecified atom stereocenters. The normalized spacial score (nSPS) is 12.0. The molecule has 2 aromatic carbocycles. The van der Waals surface area contributed by atoms with Gasteiger partial charge in [-0.3, -0.25) is 0 Å². The minimum absolute atomic E-state index is 0.0946. The maximum atomic E-state index is 6.23. The van der Waals surface area contributed by atoms with Crippen LogP contribution in [0.3, 0.4) is 0 Å². The van der Waals surface area contributed by atoms with E-state index in [9.17, 15) is 0 Å². The average molecular weight is 324 g/mol. The number of nitrogens with one attached hydrogen (secondary N) is 1. The van der Waals surface area contributed by atoms with Crippen molar-refractivity contribution in [3.8, 4) is 5.75 Å². The maximum Gasteiger partial charge on any atom is 0.138 e. The Morgan fingerprint density at radius 1 is 1.10 bits per heavy atom. The lowest BCUT2D eigenvalue weighted by molar-refractivity contribution is 0.317. The molecule has 0 aliphatic rings. The van der Waals surface area contributed by atoms with E-state index in [4.69, 9.17) is 27.9 Å². The third-order valence-corrected chi connectivity index (χ3v) is 3.79. The van der Waals surface area contributed by atoms with Crippen LogP contribution in [-0.4, -0.2) is 6.61 Å². The zero-order valence-corrected chi connectivity index (χ0v) is 13.7. The summed E-state index contributed by atoms with van der Waals surface area (Å²) in [5, 5.41) is 4.77. The molecule has 1 atom stereocenters. The highest BCUT2D eigenvalue weighted by Gasteiger charge is 2.10. The number of hydrogen-bond acceptors (Lipinski definition) is 2. The molecule has 4 heteroatoms. The van der Waals surface area contributed by atoms with Crippen molar-refractivity contribution in [1.29, 1.82) is 0 Å². The molecular formula is C17H19Cl2NO. The number of benzene rings is 2. The van der Waals surface area contributed by atoms with Gasteiger partial charge < -0.3 is 10.1 Å². The van der Waals surface area contributed by atoms with Crippen molar-refractivity contribution in [1.82, 2.24) is 0 Å². The lowest BCUT2D eigenvalue weighted by atomic mass is 10.1. The van der Waals surface area contributed by atoms with Gasteiger partial charge in [-0.2, -0.15) is 0 Å². The highest BCUT2D eigenvalue weighted by atomic mass is 35.5. The Kier molecular flexibility index (Phi) is 5.77. The van der Waals surface area contributed by atoms with Crippen molar-refractivity contribution < 1.29 is 4.74 Å². The fraction of sp³-hybridized carbons (Fsp3) is 0.294. The Balaban J connectivity index is 2.09. The van der Waals surface area contributed by atoms with Crippen LogP contribution in [0.1, 0.15) is 31.9 Å². The quantitative estimate of drug-likeness (QED) is 0.708. The summed E-state index contributed by atoms with van der Waals surface area (Å²) in [5.74, 6) is 0.717. The van der Waals surface area contributed by atoms with Crippen molar-refractivity contribution in [3.05, 3.63) is 58.1 Å². The largest absolute Gasteiger partial charge is 0.492 e. The number of rotatable bonds is 6. The van der Waals surface area contributed by atoms with Crippen LogP contribution in [0.25, 0.3) is 0 Å². The molecule has 21 heavy (non-hydrogen) atoms. The Bertz CT molecular complexity index is 601. The van der Waals surface area contributed by atoms with Gasteiger partial charge in [0.1, 0.15) is 5.75 Å². The Hall–Kier alpha value is -1.38. The van der Waals surface area contributed by atoms with Gasteiger partial charge in [0.2, 0.25) is 0 Å². The minimum Gasteiger partial charge on any atom is -0.492 e. The standard InChI is InChI=1S/C17H19Cl2NO/c1-3-10-21-17-9-8-13(11-16(17)19)20-12(2)14-6-4-5-7-15(14)18/h4-9,11-12,20H,3,10H2,1-2H3. The molecule has 0 saturated heterocycles. The summed E-state index contributed by atoms with van der Waals surface area (Å²) >= 11 is 12.4. The van der Waals surface area contributed by atoms with Crippen LogP contribution >= 0.6 is 23.2 Å². The Morgan fingerprint density at radius 2 is 1.86 bits per heavy atom. The van der Waals surface area contributed by atoms with E-state index < -0.39 is 0 Å². The van der Waals surface area contributed by atoms with Crippen molar-refractivity contribution in [2.45, 2.75) is 26.3 Å². The lowest BCUT2D eigenvalue weighted by Crippen LogP contribution is -2.07. The molecule has 0 saturated carbocycles. The van der Waals surface area contributed by atoms with Gasteiger partial charge in [0.05, 0.1) is 11.6 Å². The third kappa shape index (κ3) is 4.29. The highest BCUT2D eigenvalue weighted by molar-refractivity contribution is 6.32. The van der Waals surface area contributed by atoms with Gasteiger partial charge in [0, 0.05) is 16.8 Å². The molecule has 0 aliphatic heterocycles. The second-order valence-electron chi connectivity index (χ2n) is 4.88. The molecular weight excluding hydrogens is 305 g/mol. The first-order valence-corrected chi connectivity index (χ1v) is 7.80. The smallest absolute Gasteiger partial charge is 0.138 e. The van der Waals surface area contributed by atoms with Gasteiger partial charge in [-0.05, 0) is 43.2 Å². The first-order chi connectivity index (χ1) is 10.1. The fourth-order valence-corrected chi connectivity index (χ4v) is 2.61. The van der Waals surface area contributed by atoms with Crippen LogP contribution in [0.15, 0.2) is 42.5 Å². The van der Waals surface area contributed by atoms with E-state index in [2.05, 4.69) is 19.2 Å². The monoisotopic (exact) mass is 323 g/mol. The van der Waals surface area contributed by atoms with E-state index in [0.717, 1.165) is 28.4 Å². The molecule has 0 heterocycles. The van der Waals surface area contributed by atoms with E-state index in [1.165, 1.54) is 0 Å². The van der Waals surface area contributed by atoms with Crippen molar-refractivity contribution in [2.24, 2.45) is 0 Å². The fourth-order valence-electron chi connectivity index (χ4n) is 2.07. The van der Waals surface area contributed by atoms with Crippen LogP contribution in [0.2, 0.25) is 10.0 Å². The highest BCUT2D eigenvalue weighted by Crippen LogP contribution is 2.31. The molecule has 1 N–H and O–H groups in total. The van der Waals surface area contributed by atoms with Crippen LogP contribution in [0.4, 0.5) is 5.69 Å². The lowest BCUT2D eigenvalue weighted by Gasteiger charge is -2.18. The van der Waals surface area contributed by atoms with Gasteiger partial charge in [0.15, 0.2) is 0 Å². The molecule has 0 radical (unpaired) electrons. The molecule has 2 nitrogen and oxygen atoms in total. The summed E-state index contributed by atoms with van der Waals surface area (Å²) in [7, 11) is 0. The first-order valence-electron chi connectivity index (χ1n) is 7.05. The van der Waals surface area contributed by atoms with Gasteiger partial charge in [-0.1, -0.05) is 48.3 Å². The second-order valence-corrected chi connectivity index (χ2v) is 5.70. The first kappa shape index (κ1) is 16.0. The van der Waals surface area contributed by atoms with E-state index in [1.54, 1.807) is 0 Å². The predicted octanol–water partition coefficient (Wildman–Crippen LogP) is 5.96. The SMILES string of the molecule is CCCOc1ccc(NC(C)c2ccccc2Cl)cc1Cl. The molecule has 2 rings (SSSR count). The van der Waals surface area contributed by atoms with Crippen LogP contribution in [0.5, 0.6) is 5.75 Å². The number of anilines is 1. The summed E-state index contributed by atoms with van der Waals surface area (Å²) in [6, 6.07) is 13.6. The van der Waals surface area contributed by atoms with Crippen molar-refractivity contribution in [2.75, 3.05) is 11.9 Å². The van der Waals surface area contributed by atoms with Crippen LogP contribution in [-0.2, 0) is 0 Å². The van der Waals surface area contributed by atoms with E-state index >= 15 is 0 Å². The molecule has 2 aromatic rings. The Labute approximate surface area is 136 Å². The predicted molar refractivity (Wildman–Crippen MR) is 90.7 cm³/mol. The number of ether oxygens (including phenoxy) is 1. The zero-order valence-electron chi connectivity index (χ0n) is 12.2. The summed E-state index contributed by atoms with van der Waals surface area (Å²) in [6.45, 7) is 4.80. The van der Waals surface area contributed by atoms with Gasteiger partial charge >= 0.3 is 0 Å². The molecule has 0 fully saturated rings. The molecule has 0 aromatic heterocycles. The third-order valence-electron chi connectivity index (χ3n) is 3.15. The average Bonchev–Trinajstić information content (AvgIpc) is 2.47. The molecule has 0 spiro atoms. The maximum absolute atomic E-state index is 6.23. The topological polar surface area (TPSA) is 21.3 Å². The number of halogens is 2. The summed E-state index contributed by atoms with van der Waals surface area (Å²) in [4.78, 5) is 0. The van der Waals surface area contributed by atoms with Crippen molar-refractivity contribution >= 4 is 28.9 Å². The van der Waals surface area contributed by atoms with Crippen molar-refractivity contribution in [3.63, 3.8) is 0 Å². The van der Waals surface area contributed by atoms with Gasteiger partial charge in [-0.15, -0.1) is 0 Å². The summed E-state index contributed by atoms with van der Waals surface area (Å²) < 4.78 is 5.57. The number of hydrogen-bond donors (Lipinski definition) is 1. The summed E-state index contributed by atoms with van der Waals surface area (Å²) in [6.07, 6.45) is 0.958. The van der Waals surface area contributed by atoms with E-state index in [1.807, 2.05) is 42.5 Å². The van der Waals surface area contributed by atoms with Gasteiger partial charge in [0.25, 0.3) is 0 Å². The van der Waals surface area contributed by atoms with E-state index in [-0.39, 0.29) is 6.04 Å². The zero-order chi connectivity index (χ0) is 15.2. The second kappa shape index (κ2) is 7.58. The summed E-state index contributed by atoms with van der Waals surface area (Å²) in [5.41, 5.74) is 2.00. The van der Waals surface area contributed by atoms with Crippen LogP contribution in [0, 0.1) is 0 Å².